The maximum Gasteiger partial charge on any atom is 0.273 e. The van der Waals surface area contributed by atoms with E-state index in [2.05, 4.69) is 20.7 Å². The molecule has 6 heteroatoms. The fourth-order valence-electron chi connectivity index (χ4n) is 1.71. The van der Waals surface area contributed by atoms with Crippen LogP contribution in [-0.2, 0) is 5.41 Å². The van der Waals surface area contributed by atoms with Crippen molar-refractivity contribution in [3.05, 3.63) is 46.7 Å². The SMILES string of the molecule is CC(C)(CNC(=O)c1cn[nH]n1)c1cccc(Cl)c1. The molecule has 2 aromatic rings. The number of halogens is 1. The topological polar surface area (TPSA) is 70.7 Å². The third-order valence-electron chi connectivity index (χ3n) is 2.94. The Bertz CT molecular complexity index is 566. The molecule has 2 N–H and O–H groups in total. The van der Waals surface area contributed by atoms with Gasteiger partial charge in [0.2, 0.25) is 0 Å². The molecule has 0 radical (unpaired) electrons. The Morgan fingerprint density at radius 2 is 2.26 bits per heavy atom. The molecule has 1 heterocycles. The molecule has 5 nitrogen and oxygen atoms in total. The number of rotatable bonds is 4. The van der Waals surface area contributed by atoms with E-state index in [9.17, 15) is 4.79 Å². The highest BCUT2D eigenvalue weighted by Crippen LogP contribution is 2.24. The number of H-pyrrole nitrogens is 1. The Labute approximate surface area is 116 Å². The fraction of sp³-hybridized carbons (Fsp3) is 0.308. The number of hydrogen-bond acceptors (Lipinski definition) is 3. The molecule has 0 unspecified atom stereocenters. The first-order valence-electron chi connectivity index (χ1n) is 5.89. The van der Waals surface area contributed by atoms with Crippen LogP contribution in [0.2, 0.25) is 5.02 Å². The lowest BCUT2D eigenvalue weighted by molar-refractivity contribution is 0.0940. The number of nitrogens with zero attached hydrogens (tertiary/aromatic N) is 2. The maximum absolute atomic E-state index is 11.8. The lowest BCUT2D eigenvalue weighted by Gasteiger charge is -2.25. The molecule has 0 spiro atoms. The smallest absolute Gasteiger partial charge is 0.273 e. The monoisotopic (exact) mass is 278 g/mol. The Morgan fingerprint density at radius 3 is 2.89 bits per heavy atom. The lowest BCUT2D eigenvalue weighted by Crippen LogP contribution is -2.36. The molecule has 2 rings (SSSR count). The van der Waals surface area contributed by atoms with Crippen molar-refractivity contribution in [3.63, 3.8) is 0 Å². The Balaban J connectivity index is 2.03. The van der Waals surface area contributed by atoms with Crippen molar-refractivity contribution in [1.29, 1.82) is 0 Å². The van der Waals surface area contributed by atoms with Gasteiger partial charge in [0.1, 0.15) is 0 Å². The molecule has 0 saturated heterocycles. The third-order valence-corrected chi connectivity index (χ3v) is 3.18. The van der Waals surface area contributed by atoms with Crippen LogP contribution in [0.4, 0.5) is 0 Å². The molecule has 0 aliphatic heterocycles. The average Bonchev–Trinajstić information content (AvgIpc) is 2.90. The molecule has 19 heavy (non-hydrogen) atoms. The molecule has 0 aliphatic rings. The van der Waals surface area contributed by atoms with Crippen LogP contribution >= 0.6 is 11.6 Å². The van der Waals surface area contributed by atoms with E-state index in [1.165, 1.54) is 6.20 Å². The number of benzene rings is 1. The summed E-state index contributed by atoms with van der Waals surface area (Å²) in [5, 5.41) is 13.3. The summed E-state index contributed by atoms with van der Waals surface area (Å²) in [6, 6.07) is 7.63. The van der Waals surface area contributed by atoms with E-state index < -0.39 is 0 Å². The second-order valence-corrected chi connectivity index (χ2v) is 5.37. The number of amides is 1. The summed E-state index contributed by atoms with van der Waals surface area (Å²) < 4.78 is 0. The lowest BCUT2D eigenvalue weighted by atomic mass is 9.84. The van der Waals surface area contributed by atoms with Crippen LogP contribution in [0, 0.1) is 0 Å². The van der Waals surface area contributed by atoms with Gasteiger partial charge in [0, 0.05) is 17.0 Å². The maximum atomic E-state index is 11.8. The van der Waals surface area contributed by atoms with Crippen molar-refractivity contribution in [2.75, 3.05) is 6.54 Å². The molecule has 1 amide bonds. The first-order valence-corrected chi connectivity index (χ1v) is 6.27. The summed E-state index contributed by atoms with van der Waals surface area (Å²) in [4.78, 5) is 11.8. The fourth-order valence-corrected chi connectivity index (χ4v) is 1.90. The van der Waals surface area contributed by atoms with Crippen LogP contribution < -0.4 is 5.32 Å². The van der Waals surface area contributed by atoms with Crippen LogP contribution in [0.1, 0.15) is 29.9 Å². The standard InChI is InChI=1S/C13H15ClN4O/c1-13(2,9-4-3-5-10(14)6-9)8-15-12(19)11-7-16-18-17-11/h3-7H,8H2,1-2H3,(H,15,19)(H,16,17,18). The van der Waals surface area contributed by atoms with Gasteiger partial charge >= 0.3 is 0 Å². The predicted octanol–water partition coefficient (Wildman–Crippen LogP) is 2.17. The van der Waals surface area contributed by atoms with Crippen molar-refractivity contribution < 1.29 is 4.79 Å². The number of aromatic nitrogens is 3. The van der Waals surface area contributed by atoms with Crippen LogP contribution in [-0.4, -0.2) is 27.9 Å². The molecule has 0 aliphatic carbocycles. The van der Waals surface area contributed by atoms with Crippen LogP contribution in [0.3, 0.4) is 0 Å². The van der Waals surface area contributed by atoms with E-state index >= 15 is 0 Å². The summed E-state index contributed by atoms with van der Waals surface area (Å²) in [6.45, 7) is 4.57. The van der Waals surface area contributed by atoms with Crippen molar-refractivity contribution in [3.8, 4) is 0 Å². The van der Waals surface area contributed by atoms with Crippen molar-refractivity contribution in [2.45, 2.75) is 19.3 Å². The number of nitrogens with one attached hydrogen (secondary N) is 2. The Kier molecular flexibility index (Phi) is 3.85. The van der Waals surface area contributed by atoms with Gasteiger partial charge in [-0.2, -0.15) is 15.4 Å². The first kappa shape index (κ1) is 13.5. The number of aromatic amines is 1. The molecule has 0 fully saturated rings. The van der Waals surface area contributed by atoms with Gasteiger partial charge in [-0.1, -0.05) is 37.6 Å². The van der Waals surface area contributed by atoms with Gasteiger partial charge in [-0.05, 0) is 17.7 Å². The minimum atomic E-state index is -0.246. The average molecular weight is 279 g/mol. The highest BCUT2D eigenvalue weighted by Gasteiger charge is 2.22. The quantitative estimate of drug-likeness (QED) is 0.900. The largest absolute Gasteiger partial charge is 0.350 e. The van der Waals surface area contributed by atoms with Crippen molar-refractivity contribution in [2.24, 2.45) is 0 Å². The number of carbonyl (C=O) groups is 1. The van der Waals surface area contributed by atoms with E-state index in [-0.39, 0.29) is 17.0 Å². The predicted molar refractivity (Wildman–Crippen MR) is 73.2 cm³/mol. The van der Waals surface area contributed by atoms with Gasteiger partial charge in [0.05, 0.1) is 6.20 Å². The highest BCUT2D eigenvalue weighted by atomic mass is 35.5. The summed E-state index contributed by atoms with van der Waals surface area (Å²) in [5.74, 6) is -0.246. The molecule has 0 saturated carbocycles. The van der Waals surface area contributed by atoms with Crippen molar-refractivity contribution in [1.82, 2.24) is 20.7 Å². The van der Waals surface area contributed by atoms with Crippen LogP contribution in [0.5, 0.6) is 0 Å². The molecule has 0 atom stereocenters. The van der Waals surface area contributed by atoms with Gasteiger partial charge < -0.3 is 5.32 Å². The molecule has 1 aromatic heterocycles. The molecule has 100 valence electrons. The summed E-state index contributed by atoms with van der Waals surface area (Å²) >= 11 is 5.99. The summed E-state index contributed by atoms with van der Waals surface area (Å²) in [7, 11) is 0. The van der Waals surface area contributed by atoms with Gasteiger partial charge in [-0.3, -0.25) is 4.79 Å². The van der Waals surface area contributed by atoms with Gasteiger partial charge in [-0.25, -0.2) is 0 Å². The molecule has 1 aromatic carbocycles. The number of carbonyl (C=O) groups excluding carboxylic acids is 1. The van der Waals surface area contributed by atoms with E-state index in [0.717, 1.165) is 5.56 Å². The van der Waals surface area contributed by atoms with E-state index in [1.54, 1.807) is 0 Å². The van der Waals surface area contributed by atoms with Crippen LogP contribution in [0.15, 0.2) is 30.5 Å². The summed E-state index contributed by atoms with van der Waals surface area (Å²) in [6.07, 6.45) is 1.39. The van der Waals surface area contributed by atoms with E-state index in [0.29, 0.717) is 11.6 Å². The second-order valence-electron chi connectivity index (χ2n) is 4.93. The zero-order valence-corrected chi connectivity index (χ0v) is 11.5. The van der Waals surface area contributed by atoms with Crippen molar-refractivity contribution >= 4 is 17.5 Å². The zero-order valence-electron chi connectivity index (χ0n) is 10.8. The summed E-state index contributed by atoms with van der Waals surface area (Å²) in [5.41, 5.74) is 1.13. The van der Waals surface area contributed by atoms with Crippen LogP contribution in [0.25, 0.3) is 0 Å². The first-order chi connectivity index (χ1) is 8.99. The molecule has 0 bridgehead atoms. The highest BCUT2D eigenvalue weighted by molar-refractivity contribution is 6.30. The second kappa shape index (κ2) is 5.40. The minimum Gasteiger partial charge on any atom is -0.350 e. The van der Waals surface area contributed by atoms with E-state index in [4.69, 9.17) is 11.6 Å². The Hall–Kier alpha value is -1.88. The van der Waals surface area contributed by atoms with E-state index in [1.807, 2.05) is 38.1 Å². The normalized spacial score (nSPS) is 11.3. The zero-order chi connectivity index (χ0) is 13.9. The third kappa shape index (κ3) is 3.32. The Morgan fingerprint density at radius 1 is 1.47 bits per heavy atom. The van der Waals surface area contributed by atoms with Gasteiger partial charge in [-0.15, -0.1) is 0 Å². The molecular weight excluding hydrogens is 264 g/mol. The molecular formula is C13H15ClN4O. The minimum absolute atomic E-state index is 0.218. The van der Waals surface area contributed by atoms with Gasteiger partial charge in [0.15, 0.2) is 5.69 Å². The van der Waals surface area contributed by atoms with Gasteiger partial charge in [0.25, 0.3) is 5.91 Å². The number of hydrogen-bond donors (Lipinski definition) is 2.